The second-order valence-corrected chi connectivity index (χ2v) is 3.97. The minimum atomic E-state index is -0.788. The summed E-state index contributed by atoms with van der Waals surface area (Å²) in [6.45, 7) is 0. The fourth-order valence-corrected chi connectivity index (χ4v) is 2.22. The lowest BCUT2D eigenvalue weighted by molar-refractivity contribution is 0.100. The lowest BCUT2D eigenvalue weighted by Gasteiger charge is -1.88. The molecule has 0 aliphatic heterocycles. The largest absolute Gasteiger partial charge is 0.326 e. The number of amides is 1. The number of nitroso groups, excluding NO2 is 1. The molecule has 2 heterocycles. The molecule has 0 N–H and O–H groups in total. The molecule has 14 heavy (non-hydrogen) atoms. The van der Waals surface area contributed by atoms with E-state index in [-0.39, 0.29) is 4.88 Å². The number of hydrogen-bond acceptors (Lipinski definition) is 4. The molecule has 0 saturated carbocycles. The Kier molecular flexibility index (Phi) is 2.26. The van der Waals surface area contributed by atoms with Gasteiger partial charge in [-0.25, -0.2) is 0 Å². The van der Waals surface area contributed by atoms with Crippen LogP contribution in [0.3, 0.4) is 0 Å². The van der Waals surface area contributed by atoms with Crippen molar-refractivity contribution in [3.05, 3.63) is 33.1 Å². The van der Waals surface area contributed by atoms with Crippen LogP contribution in [-0.4, -0.2) is 10.9 Å². The van der Waals surface area contributed by atoms with E-state index in [1.807, 2.05) is 0 Å². The maximum atomic E-state index is 11.0. The minimum Gasteiger partial charge on any atom is -0.262 e. The average molecular weight is 227 g/mol. The molecular weight excluding hydrogens is 224 g/mol. The van der Waals surface area contributed by atoms with Crippen LogP contribution in [-0.2, 0) is 0 Å². The van der Waals surface area contributed by atoms with Crippen molar-refractivity contribution in [1.29, 1.82) is 0 Å². The minimum absolute atomic E-state index is 0.260. The van der Waals surface area contributed by atoms with Gasteiger partial charge in [0.15, 0.2) is 0 Å². The Hall–Kier alpha value is -1.33. The Balaban J connectivity index is 2.68. The highest BCUT2D eigenvalue weighted by Gasteiger charge is 2.12. The number of carbonyl (C=O) groups is 1. The van der Waals surface area contributed by atoms with Gasteiger partial charge in [-0.05, 0) is 12.1 Å². The molecule has 0 aromatic carbocycles. The van der Waals surface area contributed by atoms with E-state index >= 15 is 0 Å². The Morgan fingerprint density at radius 2 is 2.36 bits per heavy atom. The molecule has 2 aromatic heterocycles. The molecule has 0 radical (unpaired) electrons. The zero-order chi connectivity index (χ0) is 10.1. The Bertz CT molecular complexity index is 523. The zero-order valence-electron chi connectivity index (χ0n) is 6.73. The van der Waals surface area contributed by atoms with Crippen molar-refractivity contribution in [3.63, 3.8) is 0 Å². The van der Waals surface area contributed by atoms with E-state index in [4.69, 9.17) is 11.6 Å². The highest BCUT2D eigenvalue weighted by molar-refractivity contribution is 7.21. The molecule has 2 aromatic rings. The summed E-state index contributed by atoms with van der Waals surface area (Å²) in [6.07, 6.45) is 1.54. The lowest BCUT2D eigenvalue weighted by Crippen LogP contribution is -1.86. The number of thiophene rings is 1. The molecule has 1 amide bonds. The van der Waals surface area contributed by atoms with Gasteiger partial charge in [-0.3, -0.25) is 9.78 Å². The monoisotopic (exact) mass is 226 g/mol. The van der Waals surface area contributed by atoms with Crippen LogP contribution in [0, 0.1) is 4.91 Å². The molecule has 6 heteroatoms. The highest BCUT2D eigenvalue weighted by atomic mass is 35.5. The average Bonchev–Trinajstić information content (AvgIpc) is 2.62. The van der Waals surface area contributed by atoms with E-state index in [1.165, 1.54) is 6.07 Å². The lowest BCUT2D eigenvalue weighted by atomic mass is 10.3. The van der Waals surface area contributed by atoms with Gasteiger partial charge in [0.25, 0.3) is 0 Å². The number of halogens is 1. The number of aromatic nitrogens is 1. The molecule has 70 valence electrons. The topological polar surface area (TPSA) is 59.4 Å². The van der Waals surface area contributed by atoms with E-state index in [0.717, 1.165) is 11.3 Å². The second-order valence-electron chi connectivity index (χ2n) is 2.51. The third kappa shape index (κ3) is 1.40. The van der Waals surface area contributed by atoms with Gasteiger partial charge < -0.3 is 0 Å². The van der Waals surface area contributed by atoms with Gasteiger partial charge in [0.1, 0.15) is 4.88 Å². The van der Waals surface area contributed by atoms with Crippen molar-refractivity contribution < 1.29 is 4.79 Å². The maximum absolute atomic E-state index is 11.0. The van der Waals surface area contributed by atoms with Gasteiger partial charge in [-0.15, -0.1) is 16.2 Å². The summed E-state index contributed by atoms with van der Waals surface area (Å²) in [5.74, 6) is -0.788. The van der Waals surface area contributed by atoms with Crippen molar-refractivity contribution in [3.8, 4) is 0 Å². The number of rotatable bonds is 1. The molecule has 0 atom stereocenters. The Labute approximate surface area is 87.5 Å². The van der Waals surface area contributed by atoms with Gasteiger partial charge in [0.05, 0.1) is 15.2 Å². The zero-order valence-corrected chi connectivity index (χ0v) is 8.30. The number of fused-ring (bicyclic) bond motifs is 1. The fraction of sp³-hybridized carbons (Fsp3) is 0. The Morgan fingerprint density at radius 3 is 3.00 bits per heavy atom. The molecule has 0 saturated heterocycles. The van der Waals surface area contributed by atoms with Crippen molar-refractivity contribution >= 4 is 39.1 Å². The summed E-state index contributed by atoms with van der Waals surface area (Å²) in [6, 6.07) is 3.14. The smallest absolute Gasteiger partial charge is 0.262 e. The molecule has 0 spiro atoms. The van der Waals surface area contributed by atoms with Crippen LogP contribution in [0.4, 0.5) is 0 Å². The number of pyridine rings is 1. The van der Waals surface area contributed by atoms with E-state index in [1.54, 1.807) is 12.3 Å². The molecule has 0 aliphatic rings. The number of hydrogen-bond donors (Lipinski definition) is 0. The van der Waals surface area contributed by atoms with Crippen LogP contribution >= 0.6 is 22.9 Å². The van der Waals surface area contributed by atoms with Crippen LogP contribution in [0.2, 0.25) is 5.02 Å². The van der Waals surface area contributed by atoms with Gasteiger partial charge in [-0.2, -0.15) is 0 Å². The third-order valence-corrected chi connectivity index (χ3v) is 3.23. The number of nitrogens with zero attached hydrogens (tertiary/aromatic N) is 2. The van der Waals surface area contributed by atoms with Crippen molar-refractivity contribution in [1.82, 2.24) is 4.98 Å². The quantitative estimate of drug-likeness (QED) is 0.703. The summed E-state index contributed by atoms with van der Waals surface area (Å²) in [7, 11) is 0. The normalized spacial score (nSPS) is 10.4. The highest BCUT2D eigenvalue weighted by Crippen LogP contribution is 2.30. The first-order valence-electron chi connectivity index (χ1n) is 3.64. The van der Waals surface area contributed by atoms with Crippen LogP contribution in [0.25, 0.3) is 10.2 Å². The summed E-state index contributed by atoms with van der Waals surface area (Å²) in [5.41, 5.74) is 0.606. The molecule has 4 nitrogen and oxygen atoms in total. The summed E-state index contributed by atoms with van der Waals surface area (Å²) in [4.78, 5) is 25.2. The SMILES string of the molecule is O=NC(=O)c1cc2nccc(Cl)c2s1. The summed E-state index contributed by atoms with van der Waals surface area (Å²) < 4.78 is 0.696. The van der Waals surface area contributed by atoms with Gasteiger partial charge in [0, 0.05) is 11.4 Å². The van der Waals surface area contributed by atoms with Crippen molar-refractivity contribution in [2.45, 2.75) is 0 Å². The predicted octanol–water partition coefficient (Wildman–Crippen LogP) is 2.86. The van der Waals surface area contributed by atoms with E-state index in [9.17, 15) is 9.70 Å². The first kappa shape index (κ1) is 9.23. The van der Waals surface area contributed by atoms with Gasteiger partial charge in [-0.1, -0.05) is 11.6 Å². The van der Waals surface area contributed by atoms with Crippen molar-refractivity contribution in [2.75, 3.05) is 0 Å². The van der Waals surface area contributed by atoms with Crippen LogP contribution < -0.4 is 0 Å². The molecular formula is C8H3ClN2O2S. The third-order valence-electron chi connectivity index (χ3n) is 1.66. The maximum Gasteiger partial charge on any atom is 0.326 e. The first-order valence-corrected chi connectivity index (χ1v) is 4.83. The van der Waals surface area contributed by atoms with Crippen LogP contribution in [0.5, 0.6) is 0 Å². The summed E-state index contributed by atoms with van der Waals surface area (Å²) >= 11 is 6.99. The predicted molar refractivity (Wildman–Crippen MR) is 54.8 cm³/mol. The van der Waals surface area contributed by atoms with E-state index in [2.05, 4.69) is 10.2 Å². The van der Waals surface area contributed by atoms with E-state index in [0.29, 0.717) is 15.2 Å². The van der Waals surface area contributed by atoms with Crippen LogP contribution in [0.15, 0.2) is 23.5 Å². The molecule has 0 aliphatic carbocycles. The van der Waals surface area contributed by atoms with E-state index < -0.39 is 5.91 Å². The first-order chi connectivity index (χ1) is 6.72. The molecule has 2 rings (SSSR count). The molecule has 0 bridgehead atoms. The standard InChI is InChI=1S/C8H3ClN2O2S/c9-4-1-2-10-5-3-6(8(12)11-13)14-7(4)5/h1-3H. The van der Waals surface area contributed by atoms with Crippen LogP contribution in [0.1, 0.15) is 9.67 Å². The Morgan fingerprint density at radius 1 is 1.57 bits per heavy atom. The van der Waals surface area contributed by atoms with Crippen molar-refractivity contribution in [2.24, 2.45) is 5.18 Å². The molecule has 0 fully saturated rings. The second kappa shape index (κ2) is 3.43. The summed E-state index contributed by atoms with van der Waals surface area (Å²) in [5, 5.41) is 2.85. The van der Waals surface area contributed by atoms with Gasteiger partial charge in [0.2, 0.25) is 0 Å². The molecule has 0 unspecified atom stereocenters. The fourth-order valence-electron chi connectivity index (χ4n) is 1.06. The number of carbonyl (C=O) groups excluding carboxylic acids is 1. The van der Waals surface area contributed by atoms with Gasteiger partial charge >= 0.3 is 5.91 Å².